The van der Waals surface area contributed by atoms with E-state index in [4.69, 9.17) is 4.74 Å². The summed E-state index contributed by atoms with van der Waals surface area (Å²) in [4.78, 5) is 15.8. The first-order valence-electron chi connectivity index (χ1n) is 11.1. The Labute approximate surface area is 190 Å². The number of nitrogens with zero attached hydrogens (tertiary/aromatic N) is 2. The van der Waals surface area contributed by atoms with Gasteiger partial charge < -0.3 is 14.4 Å². The van der Waals surface area contributed by atoms with E-state index in [1.807, 2.05) is 42.1 Å². The second-order valence-electron chi connectivity index (χ2n) is 10.2. The zero-order chi connectivity index (χ0) is 23.1. The minimum atomic E-state index is -0.846. The van der Waals surface area contributed by atoms with Gasteiger partial charge in [-0.25, -0.2) is 4.98 Å². The zero-order valence-electron chi connectivity index (χ0n) is 19.6. The van der Waals surface area contributed by atoms with Crippen LogP contribution in [0.3, 0.4) is 0 Å². The fraction of sp³-hybridized carbons (Fsp3) is 0.407. The van der Waals surface area contributed by atoms with Gasteiger partial charge in [0.05, 0.1) is 12.3 Å². The summed E-state index contributed by atoms with van der Waals surface area (Å²) in [5.41, 5.74) is 5.31. The number of imidazole rings is 1. The van der Waals surface area contributed by atoms with Crippen molar-refractivity contribution in [2.45, 2.75) is 63.9 Å². The highest BCUT2D eigenvalue weighted by molar-refractivity contribution is 5.68. The second kappa shape index (κ2) is 8.12. The van der Waals surface area contributed by atoms with Gasteiger partial charge in [0.1, 0.15) is 18.2 Å². The summed E-state index contributed by atoms with van der Waals surface area (Å²) in [6.07, 6.45) is 4.67. The third-order valence-corrected chi connectivity index (χ3v) is 6.66. The molecule has 2 aromatic carbocycles. The molecule has 1 aliphatic carbocycles. The maximum atomic E-state index is 11.4. The largest absolute Gasteiger partial charge is 0.489 e. The Bertz CT molecular complexity index is 1130. The molecule has 0 saturated carbocycles. The molecule has 0 radical (unpaired) electrons. The number of fused-ring (bicyclic) bond motifs is 1. The van der Waals surface area contributed by atoms with Gasteiger partial charge in [-0.3, -0.25) is 4.79 Å². The van der Waals surface area contributed by atoms with Crippen molar-refractivity contribution in [3.63, 3.8) is 0 Å². The normalized spacial score (nSPS) is 17.0. The van der Waals surface area contributed by atoms with Gasteiger partial charge in [-0.1, -0.05) is 58.0 Å². The summed E-state index contributed by atoms with van der Waals surface area (Å²) in [7, 11) is 1.88. The molecule has 0 fully saturated rings. The molecule has 0 aliphatic heterocycles. The van der Waals surface area contributed by atoms with Crippen LogP contribution in [0.15, 0.2) is 54.9 Å². The Morgan fingerprint density at radius 2 is 1.78 bits per heavy atom. The molecule has 3 aromatic rings. The Hall–Kier alpha value is -3.08. The van der Waals surface area contributed by atoms with E-state index in [0.29, 0.717) is 6.61 Å². The first kappa shape index (κ1) is 22.1. The first-order chi connectivity index (χ1) is 15.1. The highest BCUT2D eigenvalue weighted by Gasteiger charge is 2.41. The topological polar surface area (TPSA) is 64.4 Å². The zero-order valence-corrected chi connectivity index (χ0v) is 19.6. The smallest absolute Gasteiger partial charge is 0.304 e. The van der Waals surface area contributed by atoms with Crippen LogP contribution in [0.25, 0.3) is 0 Å². The molecular formula is C27H32N2O3. The number of carboxylic acids is 1. The third kappa shape index (κ3) is 4.29. The van der Waals surface area contributed by atoms with Crippen molar-refractivity contribution >= 4 is 5.97 Å². The number of hydrogen-bond donors (Lipinski definition) is 1. The van der Waals surface area contributed by atoms with E-state index in [2.05, 4.69) is 50.9 Å². The minimum absolute atomic E-state index is 0.00762. The van der Waals surface area contributed by atoms with E-state index in [0.717, 1.165) is 29.1 Å². The molecule has 1 aliphatic rings. The van der Waals surface area contributed by atoms with Crippen LogP contribution in [0.5, 0.6) is 5.75 Å². The fourth-order valence-electron chi connectivity index (χ4n) is 5.34. The predicted molar refractivity (Wildman–Crippen MR) is 125 cm³/mol. The summed E-state index contributed by atoms with van der Waals surface area (Å²) in [5, 5.41) is 9.37. The van der Waals surface area contributed by atoms with Crippen molar-refractivity contribution in [2.24, 2.45) is 7.05 Å². The molecule has 1 aromatic heterocycles. The van der Waals surface area contributed by atoms with Gasteiger partial charge in [0.2, 0.25) is 0 Å². The number of rotatable bonds is 7. The summed E-state index contributed by atoms with van der Waals surface area (Å²) in [5.74, 6) is 0.359. The number of ether oxygens (including phenoxy) is 1. The van der Waals surface area contributed by atoms with Crippen LogP contribution in [-0.2, 0) is 29.3 Å². The van der Waals surface area contributed by atoms with E-state index in [9.17, 15) is 9.90 Å². The summed E-state index contributed by atoms with van der Waals surface area (Å²) in [6.45, 7) is 9.78. The fourth-order valence-corrected chi connectivity index (χ4v) is 5.34. The van der Waals surface area contributed by atoms with Crippen LogP contribution >= 0.6 is 0 Å². The number of aromatic nitrogens is 2. The molecule has 5 nitrogen and oxygen atoms in total. The van der Waals surface area contributed by atoms with Gasteiger partial charge in [-0.15, -0.1) is 0 Å². The second-order valence-corrected chi connectivity index (χ2v) is 10.2. The SMILES string of the molecule is Cn1ccnc1C(CC(=O)O)c1ccc(OCc2ccc3c(c2)C(C)(C)CC3(C)C)cc1. The maximum absolute atomic E-state index is 11.4. The predicted octanol–water partition coefficient (Wildman–Crippen LogP) is 5.56. The van der Waals surface area contributed by atoms with Crippen LogP contribution in [0.1, 0.15) is 74.5 Å². The Morgan fingerprint density at radius 1 is 1.09 bits per heavy atom. The first-order valence-corrected chi connectivity index (χ1v) is 11.1. The van der Waals surface area contributed by atoms with E-state index < -0.39 is 5.97 Å². The maximum Gasteiger partial charge on any atom is 0.304 e. The summed E-state index contributed by atoms with van der Waals surface area (Å²) < 4.78 is 7.93. The van der Waals surface area contributed by atoms with Gasteiger partial charge in [0.25, 0.3) is 0 Å². The lowest BCUT2D eigenvalue weighted by Gasteiger charge is -2.22. The number of aliphatic carboxylic acids is 1. The van der Waals surface area contributed by atoms with Gasteiger partial charge >= 0.3 is 5.97 Å². The third-order valence-electron chi connectivity index (χ3n) is 6.66. The molecule has 0 amide bonds. The van der Waals surface area contributed by atoms with Crippen LogP contribution in [0, 0.1) is 0 Å². The molecule has 0 saturated heterocycles. The van der Waals surface area contributed by atoms with Crippen molar-refractivity contribution in [1.29, 1.82) is 0 Å². The summed E-state index contributed by atoms with van der Waals surface area (Å²) in [6, 6.07) is 14.4. The van der Waals surface area contributed by atoms with Crippen LogP contribution < -0.4 is 4.74 Å². The van der Waals surface area contributed by atoms with E-state index in [-0.39, 0.29) is 23.2 Å². The molecule has 1 atom stereocenters. The van der Waals surface area contributed by atoms with Crippen molar-refractivity contribution in [3.05, 3.63) is 82.9 Å². The Morgan fingerprint density at radius 3 is 2.41 bits per heavy atom. The highest BCUT2D eigenvalue weighted by atomic mass is 16.5. The van der Waals surface area contributed by atoms with Crippen molar-refractivity contribution in [2.75, 3.05) is 0 Å². The molecule has 168 valence electrons. The van der Waals surface area contributed by atoms with Crippen LogP contribution in [0.4, 0.5) is 0 Å². The Balaban J connectivity index is 1.49. The van der Waals surface area contributed by atoms with Crippen LogP contribution in [-0.4, -0.2) is 20.6 Å². The van der Waals surface area contributed by atoms with Crippen molar-refractivity contribution in [1.82, 2.24) is 9.55 Å². The van der Waals surface area contributed by atoms with Crippen LogP contribution in [0.2, 0.25) is 0 Å². The molecule has 4 rings (SSSR count). The summed E-state index contributed by atoms with van der Waals surface area (Å²) >= 11 is 0. The standard InChI is InChI=1S/C27H32N2O3/c1-26(2)17-27(3,4)23-14-18(6-11-22(23)26)16-32-20-9-7-19(8-10-20)21(15-24(30)31)25-28-12-13-29(25)5/h6-14,21H,15-17H2,1-5H3,(H,30,31). The lowest BCUT2D eigenvalue weighted by atomic mass is 9.82. The molecule has 0 bridgehead atoms. The molecule has 5 heteroatoms. The van der Waals surface area contributed by atoms with Gasteiger partial charge in [-0.2, -0.15) is 0 Å². The lowest BCUT2D eigenvalue weighted by molar-refractivity contribution is -0.137. The number of benzene rings is 2. The van der Waals surface area contributed by atoms with E-state index in [1.165, 1.54) is 11.1 Å². The van der Waals surface area contributed by atoms with Gasteiger partial charge in [0.15, 0.2) is 0 Å². The number of hydrogen-bond acceptors (Lipinski definition) is 3. The average Bonchev–Trinajstić information content (AvgIpc) is 3.22. The minimum Gasteiger partial charge on any atom is -0.489 e. The van der Waals surface area contributed by atoms with E-state index >= 15 is 0 Å². The van der Waals surface area contributed by atoms with E-state index in [1.54, 1.807) is 6.20 Å². The number of carboxylic acid groups (broad SMARTS) is 1. The van der Waals surface area contributed by atoms with Crippen molar-refractivity contribution in [3.8, 4) is 5.75 Å². The average molecular weight is 433 g/mol. The highest BCUT2D eigenvalue weighted by Crippen LogP contribution is 2.49. The molecule has 32 heavy (non-hydrogen) atoms. The molecule has 1 unspecified atom stereocenters. The van der Waals surface area contributed by atoms with Gasteiger partial charge in [-0.05, 0) is 51.6 Å². The Kier molecular flexibility index (Phi) is 5.61. The molecule has 1 heterocycles. The lowest BCUT2D eigenvalue weighted by Crippen LogP contribution is -2.18. The quantitative estimate of drug-likeness (QED) is 0.530. The number of carbonyl (C=O) groups is 1. The number of aryl methyl sites for hydroxylation is 1. The molecule has 0 spiro atoms. The molecular weight excluding hydrogens is 400 g/mol. The monoisotopic (exact) mass is 432 g/mol. The van der Waals surface area contributed by atoms with Gasteiger partial charge in [0, 0.05) is 19.4 Å². The molecule has 1 N–H and O–H groups in total. The van der Waals surface area contributed by atoms with Crippen molar-refractivity contribution < 1.29 is 14.6 Å².